The van der Waals surface area contributed by atoms with Crippen molar-refractivity contribution < 1.29 is 13.2 Å². The Labute approximate surface area is 208 Å². The topological polar surface area (TPSA) is 106 Å². The van der Waals surface area contributed by atoms with E-state index in [1.165, 1.54) is 11.3 Å². The van der Waals surface area contributed by atoms with E-state index in [1.807, 2.05) is 58.3 Å². The number of nitrogens with one attached hydrogen (secondary N) is 1. The van der Waals surface area contributed by atoms with E-state index in [1.54, 1.807) is 19.1 Å². The van der Waals surface area contributed by atoms with Gasteiger partial charge in [0.1, 0.15) is 5.69 Å². The number of sulfonamides is 1. The van der Waals surface area contributed by atoms with E-state index in [0.717, 1.165) is 29.7 Å². The second-order valence-corrected chi connectivity index (χ2v) is 10.9. The summed E-state index contributed by atoms with van der Waals surface area (Å²) in [4.78, 5) is 21.7. The molecule has 0 unspecified atom stereocenters. The third-order valence-corrected chi connectivity index (χ3v) is 6.77. The van der Waals surface area contributed by atoms with Crippen molar-refractivity contribution in [3.8, 4) is 6.07 Å². The maximum Gasteiger partial charge on any atom is 0.284 e. The zero-order valence-electron chi connectivity index (χ0n) is 19.2. The number of rotatable bonds is 7. The first-order chi connectivity index (χ1) is 16.7. The number of nitriles is 1. The number of aromatic nitrogens is 1. The van der Waals surface area contributed by atoms with Crippen LogP contribution in [0.5, 0.6) is 0 Å². The monoisotopic (exact) mass is 505 g/mol. The summed E-state index contributed by atoms with van der Waals surface area (Å²) in [6.07, 6.45) is 9.03. The Balaban J connectivity index is 1.70. The van der Waals surface area contributed by atoms with Crippen molar-refractivity contribution in [2.75, 3.05) is 22.6 Å². The highest BCUT2D eigenvalue weighted by atomic mass is 32.2. The molecular weight excluding hydrogens is 482 g/mol. The maximum atomic E-state index is 12.5. The van der Waals surface area contributed by atoms with Crippen molar-refractivity contribution in [2.45, 2.75) is 13.5 Å². The number of anilines is 3. The van der Waals surface area contributed by atoms with Crippen LogP contribution in [0.3, 0.4) is 0 Å². The third kappa shape index (κ3) is 5.95. The molecule has 1 aliphatic heterocycles. The van der Waals surface area contributed by atoms with Gasteiger partial charge in [-0.25, -0.2) is 18.1 Å². The van der Waals surface area contributed by atoms with Crippen LogP contribution in [-0.4, -0.2) is 32.1 Å². The SMILES string of the molecule is Cc1sc(N(Cc2cccc(N3C=CC=CC3)c2)c2ccc(C#N)cc2)nc1C(=O)NS(C)(=O)=O. The van der Waals surface area contributed by atoms with E-state index in [4.69, 9.17) is 0 Å². The second kappa shape index (κ2) is 10.1. The van der Waals surface area contributed by atoms with Gasteiger partial charge in [-0.05, 0) is 55.0 Å². The minimum absolute atomic E-state index is 0.0630. The molecule has 2 heterocycles. The number of thiazole rings is 1. The van der Waals surface area contributed by atoms with E-state index < -0.39 is 15.9 Å². The lowest BCUT2D eigenvalue weighted by molar-refractivity contribution is 0.0977. The molecule has 0 saturated heterocycles. The first kappa shape index (κ1) is 24.2. The Morgan fingerprint density at radius 2 is 2.00 bits per heavy atom. The van der Waals surface area contributed by atoms with Gasteiger partial charge in [0, 0.05) is 29.0 Å². The zero-order chi connectivity index (χ0) is 25.0. The number of amides is 1. The number of hydrogen-bond donors (Lipinski definition) is 1. The largest absolute Gasteiger partial charge is 0.344 e. The summed E-state index contributed by atoms with van der Waals surface area (Å²) in [5, 5.41) is 9.72. The molecule has 0 bridgehead atoms. The van der Waals surface area contributed by atoms with Crippen LogP contribution < -0.4 is 14.5 Å². The standard InChI is InChI=1S/C25H23N5O3S2/c1-18-23(24(31)28-35(2,32)33)27-25(34-18)30(21-11-9-19(16-26)10-12-21)17-20-7-6-8-22(15-20)29-13-4-3-5-14-29/h3-13,15H,14,17H2,1-2H3,(H,28,31). The molecule has 3 aromatic rings. The molecule has 0 radical (unpaired) electrons. The highest BCUT2D eigenvalue weighted by molar-refractivity contribution is 7.89. The number of hydrogen-bond acceptors (Lipinski definition) is 8. The van der Waals surface area contributed by atoms with Crippen LogP contribution in [0.15, 0.2) is 73.0 Å². The first-order valence-corrected chi connectivity index (χ1v) is 13.4. The van der Waals surface area contributed by atoms with E-state index in [9.17, 15) is 18.5 Å². The summed E-state index contributed by atoms with van der Waals surface area (Å²) < 4.78 is 25.1. The van der Waals surface area contributed by atoms with Gasteiger partial charge in [-0.3, -0.25) is 4.79 Å². The van der Waals surface area contributed by atoms with Crippen LogP contribution in [0.4, 0.5) is 16.5 Å². The van der Waals surface area contributed by atoms with Crippen LogP contribution >= 0.6 is 11.3 Å². The second-order valence-electron chi connectivity index (χ2n) is 7.94. The van der Waals surface area contributed by atoms with Crippen molar-refractivity contribution in [3.05, 3.63) is 94.7 Å². The normalized spacial score (nSPS) is 12.9. The molecule has 0 spiro atoms. The van der Waals surface area contributed by atoms with Gasteiger partial charge in [0.2, 0.25) is 10.0 Å². The van der Waals surface area contributed by atoms with Crippen molar-refractivity contribution in [3.63, 3.8) is 0 Å². The molecule has 0 fully saturated rings. The van der Waals surface area contributed by atoms with Crippen molar-refractivity contribution >= 4 is 43.8 Å². The number of carbonyl (C=O) groups excluding carboxylic acids is 1. The van der Waals surface area contributed by atoms with E-state index >= 15 is 0 Å². The van der Waals surface area contributed by atoms with Crippen LogP contribution in [-0.2, 0) is 16.6 Å². The smallest absolute Gasteiger partial charge is 0.284 e. The van der Waals surface area contributed by atoms with Crippen molar-refractivity contribution in [1.29, 1.82) is 5.26 Å². The van der Waals surface area contributed by atoms with E-state index in [0.29, 0.717) is 22.1 Å². The van der Waals surface area contributed by atoms with Gasteiger partial charge in [-0.1, -0.05) is 24.3 Å². The molecule has 4 rings (SSSR count). The summed E-state index contributed by atoms with van der Waals surface area (Å²) in [6, 6.07) is 17.4. The summed E-state index contributed by atoms with van der Waals surface area (Å²) >= 11 is 1.30. The van der Waals surface area contributed by atoms with Gasteiger partial charge in [0.05, 0.1) is 24.4 Å². The minimum Gasteiger partial charge on any atom is -0.344 e. The van der Waals surface area contributed by atoms with Gasteiger partial charge in [0.15, 0.2) is 5.13 Å². The number of carbonyl (C=O) groups is 1. The molecule has 1 N–H and O–H groups in total. The van der Waals surface area contributed by atoms with Crippen LogP contribution in [0.25, 0.3) is 0 Å². The van der Waals surface area contributed by atoms with Gasteiger partial charge in [-0.2, -0.15) is 5.26 Å². The summed E-state index contributed by atoms with van der Waals surface area (Å²) in [7, 11) is -3.72. The fourth-order valence-corrected chi connectivity index (χ4v) is 4.94. The molecule has 178 valence electrons. The lowest BCUT2D eigenvalue weighted by Gasteiger charge is -2.24. The Morgan fingerprint density at radius 1 is 1.23 bits per heavy atom. The molecule has 35 heavy (non-hydrogen) atoms. The van der Waals surface area contributed by atoms with Gasteiger partial charge in [-0.15, -0.1) is 11.3 Å². The number of allylic oxidation sites excluding steroid dienone is 2. The predicted molar refractivity (Wildman–Crippen MR) is 138 cm³/mol. The number of benzene rings is 2. The Kier molecular flexibility index (Phi) is 7.00. The molecule has 2 aromatic carbocycles. The highest BCUT2D eigenvalue weighted by Crippen LogP contribution is 2.34. The maximum absolute atomic E-state index is 12.5. The van der Waals surface area contributed by atoms with Gasteiger partial charge >= 0.3 is 0 Å². The van der Waals surface area contributed by atoms with E-state index in [2.05, 4.69) is 28.1 Å². The van der Waals surface area contributed by atoms with Crippen LogP contribution in [0, 0.1) is 18.3 Å². The summed E-state index contributed by atoms with van der Waals surface area (Å²) in [5.74, 6) is -0.765. The van der Waals surface area contributed by atoms with Crippen molar-refractivity contribution in [1.82, 2.24) is 9.71 Å². The Morgan fingerprint density at radius 3 is 2.66 bits per heavy atom. The fourth-order valence-electron chi connectivity index (χ4n) is 3.59. The molecule has 0 aliphatic carbocycles. The molecule has 8 nitrogen and oxygen atoms in total. The van der Waals surface area contributed by atoms with Gasteiger partial charge < -0.3 is 9.80 Å². The lowest BCUT2D eigenvalue weighted by atomic mass is 10.1. The molecular formula is C25H23N5O3S2. The molecule has 1 aromatic heterocycles. The predicted octanol–water partition coefficient (Wildman–Crippen LogP) is 4.24. The Hall–Kier alpha value is -3.94. The highest BCUT2D eigenvalue weighted by Gasteiger charge is 2.22. The molecule has 1 aliphatic rings. The quantitative estimate of drug-likeness (QED) is 0.512. The van der Waals surface area contributed by atoms with Crippen LogP contribution in [0.2, 0.25) is 0 Å². The molecule has 10 heteroatoms. The van der Waals surface area contributed by atoms with Gasteiger partial charge in [0.25, 0.3) is 5.91 Å². The fraction of sp³-hybridized carbons (Fsp3) is 0.160. The number of nitrogens with zero attached hydrogens (tertiary/aromatic N) is 4. The molecule has 1 amide bonds. The number of aryl methyl sites for hydroxylation is 1. The summed E-state index contributed by atoms with van der Waals surface area (Å²) in [6.45, 7) is 2.96. The average molecular weight is 506 g/mol. The minimum atomic E-state index is -3.72. The van der Waals surface area contributed by atoms with Crippen LogP contribution in [0.1, 0.15) is 26.5 Å². The first-order valence-electron chi connectivity index (χ1n) is 10.7. The van der Waals surface area contributed by atoms with Crippen molar-refractivity contribution in [2.24, 2.45) is 0 Å². The lowest BCUT2D eigenvalue weighted by Crippen LogP contribution is -2.30. The summed E-state index contributed by atoms with van der Waals surface area (Å²) in [5.41, 5.74) is 3.45. The third-order valence-electron chi connectivity index (χ3n) is 5.22. The van der Waals surface area contributed by atoms with E-state index in [-0.39, 0.29) is 5.69 Å². The average Bonchev–Trinajstić information content (AvgIpc) is 3.24. The molecule has 0 atom stereocenters. The Bertz CT molecular complexity index is 1450. The zero-order valence-corrected chi connectivity index (χ0v) is 20.8. The molecule has 0 saturated carbocycles.